The number of hydrogen-bond acceptors (Lipinski definition) is 4. The molecule has 2 aromatic rings. The molecule has 0 fully saturated rings. The number of nitrogens with zero attached hydrogens (tertiary/aromatic N) is 2. The second kappa shape index (κ2) is 7.78. The first-order valence-electron chi connectivity index (χ1n) is 7.67. The predicted molar refractivity (Wildman–Crippen MR) is 86.9 cm³/mol. The number of hydrogen-bond donors (Lipinski definition) is 2. The van der Waals surface area contributed by atoms with Crippen LogP contribution in [0, 0.1) is 11.6 Å². The van der Waals surface area contributed by atoms with Crippen molar-refractivity contribution in [2.45, 2.75) is 25.8 Å². The van der Waals surface area contributed by atoms with Crippen LogP contribution < -0.4 is 10.6 Å². The summed E-state index contributed by atoms with van der Waals surface area (Å²) in [6.45, 7) is 3.74. The van der Waals surface area contributed by atoms with Crippen molar-refractivity contribution < 1.29 is 18.4 Å². The lowest BCUT2D eigenvalue weighted by molar-refractivity contribution is 0.0865. The third kappa shape index (κ3) is 5.03. The van der Waals surface area contributed by atoms with E-state index in [1.807, 2.05) is 6.92 Å². The second-order valence-corrected chi connectivity index (χ2v) is 5.77. The molecule has 1 atom stereocenters. The maximum absolute atomic E-state index is 12.9. The molecule has 2 rings (SSSR count). The minimum atomic E-state index is -0.747. The van der Waals surface area contributed by atoms with Gasteiger partial charge in [0.15, 0.2) is 0 Å². The molecule has 0 aliphatic rings. The minimum Gasteiger partial charge on any atom is -0.348 e. The highest BCUT2D eigenvalue weighted by molar-refractivity contribution is 5.93. The van der Waals surface area contributed by atoms with Crippen molar-refractivity contribution >= 4 is 11.8 Å². The molecule has 8 heteroatoms. The van der Waals surface area contributed by atoms with Gasteiger partial charge in [-0.1, -0.05) is 6.92 Å². The fourth-order valence-electron chi connectivity index (χ4n) is 1.98. The van der Waals surface area contributed by atoms with Gasteiger partial charge in [-0.05, 0) is 37.6 Å². The molecule has 0 aliphatic heterocycles. The number of pyridine rings is 2. The van der Waals surface area contributed by atoms with E-state index in [1.54, 1.807) is 6.92 Å². The van der Waals surface area contributed by atoms with Gasteiger partial charge in [-0.25, -0.2) is 18.7 Å². The lowest BCUT2D eigenvalue weighted by Gasteiger charge is -2.29. The molecule has 2 amide bonds. The average molecular weight is 348 g/mol. The van der Waals surface area contributed by atoms with Gasteiger partial charge in [0.05, 0.1) is 17.9 Å². The van der Waals surface area contributed by atoms with E-state index in [0.29, 0.717) is 6.42 Å². The summed E-state index contributed by atoms with van der Waals surface area (Å²) >= 11 is 0. The number of rotatable bonds is 6. The summed E-state index contributed by atoms with van der Waals surface area (Å²) < 4.78 is 25.7. The van der Waals surface area contributed by atoms with E-state index in [9.17, 15) is 18.4 Å². The highest BCUT2D eigenvalue weighted by atomic mass is 19.1. The topological polar surface area (TPSA) is 84.0 Å². The maximum atomic E-state index is 12.9. The minimum absolute atomic E-state index is 0.0754. The molecular weight excluding hydrogens is 330 g/mol. The van der Waals surface area contributed by atoms with Crippen LogP contribution in [0.1, 0.15) is 41.2 Å². The molecule has 0 aromatic carbocycles. The highest BCUT2D eigenvalue weighted by Gasteiger charge is 2.26. The van der Waals surface area contributed by atoms with Gasteiger partial charge in [0.1, 0.15) is 23.0 Å². The monoisotopic (exact) mass is 348 g/mol. The first kappa shape index (κ1) is 18.4. The number of halogens is 2. The van der Waals surface area contributed by atoms with Crippen molar-refractivity contribution in [3.05, 3.63) is 59.7 Å². The van der Waals surface area contributed by atoms with Crippen molar-refractivity contribution in [2.75, 3.05) is 6.54 Å². The van der Waals surface area contributed by atoms with Crippen molar-refractivity contribution in [3.63, 3.8) is 0 Å². The number of nitrogens with one attached hydrogen (secondary N) is 2. The molecule has 0 bridgehead atoms. The van der Waals surface area contributed by atoms with E-state index in [1.165, 1.54) is 12.1 Å². The summed E-state index contributed by atoms with van der Waals surface area (Å²) in [6, 6.07) is 4.84. The van der Waals surface area contributed by atoms with Crippen LogP contribution in [0.5, 0.6) is 0 Å². The third-order valence-electron chi connectivity index (χ3n) is 3.75. The Morgan fingerprint density at radius 2 is 1.52 bits per heavy atom. The third-order valence-corrected chi connectivity index (χ3v) is 3.75. The van der Waals surface area contributed by atoms with Crippen molar-refractivity contribution in [1.29, 1.82) is 0 Å². The second-order valence-electron chi connectivity index (χ2n) is 5.77. The standard InChI is InChI=1S/C17H18F2N4O2/c1-3-17(2,23-16(25)14-7-5-12(19)9-21-14)10-22-15(24)13-6-4-11(18)8-20-13/h4-9H,3,10H2,1-2H3,(H,22,24)(H,23,25). The van der Waals surface area contributed by atoms with Crippen LogP contribution in [0.3, 0.4) is 0 Å². The molecule has 0 spiro atoms. The first-order chi connectivity index (χ1) is 11.8. The number of amides is 2. The van der Waals surface area contributed by atoms with Crippen LogP contribution in [0.4, 0.5) is 8.78 Å². The van der Waals surface area contributed by atoms with Crippen LogP contribution in [0.25, 0.3) is 0 Å². The lowest BCUT2D eigenvalue weighted by atomic mass is 9.98. The largest absolute Gasteiger partial charge is 0.348 e. The maximum Gasteiger partial charge on any atom is 0.270 e. The van der Waals surface area contributed by atoms with E-state index in [2.05, 4.69) is 20.6 Å². The van der Waals surface area contributed by atoms with E-state index in [0.717, 1.165) is 24.5 Å². The molecule has 2 aromatic heterocycles. The SMILES string of the molecule is CCC(C)(CNC(=O)c1ccc(F)cn1)NC(=O)c1ccc(F)cn1. The predicted octanol–water partition coefficient (Wildman–Crippen LogP) is 2.08. The summed E-state index contributed by atoms with van der Waals surface area (Å²) in [7, 11) is 0. The summed E-state index contributed by atoms with van der Waals surface area (Å²) in [5.74, 6) is -2.02. The molecule has 1 unspecified atom stereocenters. The van der Waals surface area contributed by atoms with Crippen LogP contribution >= 0.6 is 0 Å². The van der Waals surface area contributed by atoms with E-state index in [4.69, 9.17) is 0 Å². The van der Waals surface area contributed by atoms with Gasteiger partial charge in [-0.2, -0.15) is 0 Å². The summed E-state index contributed by atoms with van der Waals surface area (Å²) in [4.78, 5) is 31.7. The number of carbonyl (C=O) groups is 2. The smallest absolute Gasteiger partial charge is 0.270 e. The van der Waals surface area contributed by atoms with Crippen LogP contribution in [-0.2, 0) is 0 Å². The highest BCUT2D eigenvalue weighted by Crippen LogP contribution is 2.10. The molecule has 0 radical (unpaired) electrons. The van der Waals surface area contributed by atoms with E-state index < -0.39 is 29.0 Å². The zero-order valence-electron chi connectivity index (χ0n) is 13.8. The van der Waals surface area contributed by atoms with Crippen LogP contribution in [0.2, 0.25) is 0 Å². The zero-order chi connectivity index (χ0) is 18.4. The summed E-state index contributed by atoms with van der Waals surface area (Å²) in [5, 5.41) is 5.43. The van der Waals surface area contributed by atoms with Gasteiger partial charge in [-0.15, -0.1) is 0 Å². The molecule has 2 N–H and O–H groups in total. The number of carbonyl (C=O) groups excluding carboxylic acids is 2. The first-order valence-corrected chi connectivity index (χ1v) is 7.67. The Morgan fingerprint density at radius 3 is 1.96 bits per heavy atom. The Labute approximate surface area is 143 Å². The lowest BCUT2D eigenvalue weighted by Crippen LogP contribution is -2.53. The van der Waals surface area contributed by atoms with Gasteiger partial charge in [0, 0.05) is 6.54 Å². The molecule has 2 heterocycles. The van der Waals surface area contributed by atoms with Crippen LogP contribution in [0.15, 0.2) is 36.7 Å². The Hall–Kier alpha value is -2.90. The van der Waals surface area contributed by atoms with Crippen LogP contribution in [-0.4, -0.2) is 33.9 Å². The number of aromatic nitrogens is 2. The fourth-order valence-corrected chi connectivity index (χ4v) is 1.98. The molecule has 132 valence electrons. The van der Waals surface area contributed by atoms with Gasteiger partial charge >= 0.3 is 0 Å². The average Bonchev–Trinajstić information content (AvgIpc) is 2.61. The molecular formula is C17H18F2N4O2. The molecule has 6 nitrogen and oxygen atoms in total. The van der Waals surface area contributed by atoms with Gasteiger partial charge in [0.2, 0.25) is 0 Å². The van der Waals surface area contributed by atoms with Crippen molar-refractivity contribution in [2.24, 2.45) is 0 Å². The van der Waals surface area contributed by atoms with Crippen molar-refractivity contribution in [1.82, 2.24) is 20.6 Å². The van der Waals surface area contributed by atoms with E-state index >= 15 is 0 Å². The molecule has 0 saturated heterocycles. The fraction of sp³-hybridized carbons (Fsp3) is 0.294. The quantitative estimate of drug-likeness (QED) is 0.837. The Bertz CT molecular complexity index is 750. The molecule has 0 saturated carbocycles. The molecule has 25 heavy (non-hydrogen) atoms. The van der Waals surface area contributed by atoms with E-state index in [-0.39, 0.29) is 17.9 Å². The summed E-state index contributed by atoms with van der Waals surface area (Å²) in [6.07, 6.45) is 2.44. The molecule has 0 aliphatic carbocycles. The zero-order valence-corrected chi connectivity index (χ0v) is 13.8. The Morgan fingerprint density at radius 1 is 1.00 bits per heavy atom. The normalized spacial score (nSPS) is 13.0. The van der Waals surface area contributed by atoms with Crippen molar-refractivity contribution in [3.8, 4) is 0 Å². The van der Waals surface area contributed by atoms with Gasteiger partial charge in [-0.3, -0.25) is 9.59 Å². The Kier molecular flexibility index (Phi) is 5.74. The van der Waals surface area contributed by atoms with Gasteiger partial charge < -0.3 is 10.6 Å². The Balaban J connectivity index is 1.99. The summed E-state index contributed by atoms with van der Waals surface area (Å²) in [5.41, 5.74) is -0.595. The van der Waals surface area contributed by atoms with Gasteiger partial charge in [0.25, 0.3) is 11.8 Å².